The molecular formula is C9H11N5S2. The molecular weight excluding hydrogens is 242 g/mol. The van der Waals surface area contributed by atoms with Crippen molar-refractivity contribution in [3.63, 3.8) is 0 Å². The number of anilines is 2. The van der Waals surface area contributed by atoms with Crippen LogP contribution in [0.25, 0.3) is 0 Å². The fourth-order valence-corrected chi connectivity index (χ4v) is 2.62. The molecule has 7 heteroatoms. The van der Waals surface area contributed by atoms with Gasteiger partial charge in [0.15, 0.2) is 5.16 Å². The monoisotopic (exact) mass is 253 g/mol. The third kappa shape index (κ3) is 2.83. The molecule has 0 aromatic carbocycles. The number of rotatable bonds is 3. The second-order valence-corrected chi connectivity index (χ2v) is 5.15. The predicted molar refractivity (Wildman–Crippen MR) is 67.3 cm³/mol. The van der Waals surface area contributed by atoms with Gasteiger partial charge in [0.05, 0.1) is 10.7 Å². The molecule has 0 fully saturated rings. The van der Waals surface area contributed by atoms with Crippen LogP contribution in [-0.4, -0.2) is 15.0 Å². The maximum Gasteiger partial charge on any atom is 0.191 e. The molecule has 0 unspecified atom stereocenters. The Kier molecular flexibility index (Phi) is 3.25. The first kappa shape index (κ1) is 11.2. The fraction of sp³-hybridized carbons (Fsp3) is 0.222. The van der Waals surface area contributed by atoms with Gasteiger partial charge in [0, 0.05) is 17.2 Å². The molecule has 0 saturated heterocycles. The Morgan fingerprint density at radius 1 is 1.25 bits per heavy atom. The van der Waals surface area contributed by atoms with E-state index in [1.807, 2.05) is 12.3 Å². The van der Waals surface area contributed by atoms with Gasteiger partial charge in [-0.2, -0.15) is 0 Å². The molecule has 0 atom stereocenters. The largest absolute Gasteiger partial charge is 0.383 e. The van der Waals surface area contributed by atoms with Crippen LogP contribution in [0.2, 0.25) is 0 Å². The standard InChI is InChI=1S/C9H11N5S2/c1-5-12-6(3-15-5)4-16-9-13-7(10)2-8(11)14-9/h2-3H,4H2,1H3,(H4,10,11,13,14). The first-order valence-corrected chi connectivity index (χ1v) is 6.44. The SMILES string of the molecule is Cc1nc(CSc2nc(N)cc(N)n2)cs1. The minimum absolute atomic E-state index is 0.393. The summed E-state index contributed by atoms with van der Waals surface area (Å²) in [6, 6.07) is 1.54. The summed E-state index contributed by atoms with van der Waals surface area (Å²) in [5.41, 5.74) is 12.2. The molecule has 84 valence electrons. The van der Waals surface area contributed by atoms with Crippen molar-refractivity contribution in [2.75, 3.05) is 11.5 Å². The van der Waals surface area contributed by atoms with Crippen molar-refractivity contribution in [1.82, 2.24) is 15.0 Å². The summed E-state index contributed by atoms with van der Waals surface area (Å²) in [7, 11) is 0. The summed E-state index contributed by atoms with van der Waals surface area (Å²) < 4.78 is 0. The Bertz CT molecular complexity index is 476. The molecule has 0 aliphatic heterocycles. The van der Waals surface area contributed by atoms with Crippen molar-refractivity contribution in [1.29, 1.82) is 0 Å². The van der Waals surface area contributed by atoms with E-state index in [1.54, 1.807) is 11.3 Å². The van der Waals surface area contributed by atoms with E-state index in [0.717, 1.165) is 16.5 Å². The van der Waals surface area contributed by atoms with Gasteiger partial charge < -0.3 is 11.5 Å². The van der Waals surface area contributed by atoms with Gasteiger partial charge in [-0.05, 0) is 6.92 Å². The van der Waals surface area contributed by atoms with E-state index >= 15 is 0 Å². The molecule has 16 heavy (non-hydrogen) atoms. The summed E-state index contributed by atoms with van der Waals surface area (Å²) in [5.74, 6) is 1.52. The average molecular weight is 253 g/mol. The van der Waals surface area contributed by atoms with E-state index in [1.165, 1.54) is 17.8 Å². The molecule has 0 amide bonds. The van der Waals surface area contributed by atoms with E-state index in [9.17, 15) is 0 Å². The van der Waals surface area contributed by atoms with Crippen LogP contribution in [0.4, 0.5) is 11.6 Å². The van der Waals surface area contributed by atoms with Crippen LogP contribution >= 0.6 is 23.1 Å². The molecule has 0 spiro atoms. The highest BCUT2D eigenvalue weighted by atomic mass is 32.2. The molecule has 0 aliphatic rings. The lowest BCUT2D eigenvalue weighted by atomic mass is 10.5. The van der Waals surface area contributed by atoms with Crippen molar-refractivity contribution < 1.29 is 0 Å². The highest BCUT2D eigenvalue weighted by molar-refractivity contribution is 7.98. The average Bonchev–Trinajstić information content (AvgIpc) is 2.60. The summed E-state index contributed by atoms with van der Waals surface area (Å²) in [5, 5.41) is 3.67. The fourth-order valence-electron chi connectivity index (χ4n) is 1.14. The summed E-state index contributed by atoms with van der Waals surface area (Å²) in [6.45, 7) is 1.98. The van der Waals surface area contributed by atoms with Gasteiger partial charge in [0.25, 0.3) is 0 Å². The van der Waals surface area contributed by atoms with Crippen molar-refractivity contribution >= 4 is 34.7 Å². The number of nitrogens with zero attached hydrogens (tertiary/aromatic N) is 3. The van der Waals surface area contributed by atoms with Crippen molar-refractivity contribution in [3.05, 3.63) is 22.1 Å². The van der Waals surface area contributed by atoms with Crippen LogP contribution in [0.1, 0.15) is 10.7 Å². The van der Waals surface area contributed by atoms with Crippen molar-refractivity contribution in [3.8, 4) is 0 Å². The van der Waals surface area contributed by atoms with Crippen LogP contribution in [0.5, 0.6) is 0 Å². The normalized spacial score (nSPS) is 10.6. The minimum Gasteiger partial charge on any atom is -0.383 e. The smallest absolute Gasteiger partial charge is 0.191 e. The lowest BCUT2D eigenvalue weighted by molar-refractivity contribution is 0.982. The third-order valence-corrected chi connectivity index (χ3v) is 3.46. The van der Waals surface area contributed by atoms with Crippen molar-refractivity contribution in [2.24, 2.45) is 0 Å². The Morgan fingerprint density at radius 2 is 1.94 bits per heavy atom. The Hall–Kier alpha value is -1.34. The van der Waals surface area contributed by atoms with Gasteiger partial charge in [-0.3, -0.25) is 0 Å². The van der Waals surface area contributed by atoms with Gasteiger partial charge in [-0.25, -0.2) is 15.0 Å². The molecule has 0 aliphatic carbocycles. The highest BCUT2D eigenvalue weighted by Crippen LogP contribution is 2.21. The zero-order valence-corrected chi connectivity index (χ0v) is 10.3. The van der Waals surface area contributed by atoms with Crippen LogP contribution in [0.15, 0.2) is 16.6 Å². The Labute approximate surface area is 101 Å². The quantitative estimate of drug-likeness (QED) is 0.639. The van der Waals surface area contributed by atoms with Crippen molar-refractivity contribution in [2.45, 2.75) is 17.8 Å². The molecule has 0 saturated carbocycles. The molecule has 2 aromatic heterocycles. The maximum atomic E-state index is 5.57. The molecule has 4 N–H and O–H groups in total. The zero-order valence-electron chi connectivity index (χ0n) is 8.67. The minimum atomic E-state index is 0.393. The number of hydrogen-bond acceptors (Lipinski definition) is 7. The third-order valence-electron chi connectivity index (χ3n) is 1.76. The number of aryl methyl sites for hydroxylation is 1. The van der Waals surface area contributed by atoms with E-state index in [2.05, 4.69) is 15.0 Å². The van der Waals surface area contributed by atoms with Crippen LogP contribution in [0.3, 0.4) is 0 Å². The summed E-state index contributed by atoms with van der Waals surface area (Å²) in [4.78, 5) is 12.5. The van der Waals surface area contributed by atoms with Crippen LogP contribution in [0, 0.1) is 6.92 Å². The molecule has 5 nitrogen and oxygen atoms in total. The maximum absolute atomic E-state index is 5.57. The van der Waals surface area contributed by atoms with Gasteiger partial charge in [0.2, 0.25) is 0 Å². The molecule has 2 aromatic rings. The lowest BCUT2D eigenvalue weighted by Crippen LogP contribution is -1.99. The molecule has 0 bridgehead atoms. The van der Waals surface area contributed by atoms with E-state index in [0.29, 0.717) is 16.8 Å². The number of hydrogen-bond donors (Lipinski definition) is 2. The zero-order chi connectivity index (χ0) is 11.5. The molecule has 2 heterocycles. The summed E-state index contributed by atoms with van der Waals surface area (Å²) >= 11 is 3.11. The number of nitrogen functional groups attached to an aromatic ring is 2. The van der Waals surface area contributed by atoms with E-state index in [-0.39, 0.29) is 0 Å². The topological polar surface area (TPSA) is 90.7 Å². The van der Waals surface area contributed by atoms with Gasteiger partial charge in [-0.15, -0.1) is 11.3 Å². The van der Waals surface area contributed by atoms with Gasteiger partial charge in [0.1, 0.15) is 11.6 Å². The molecule has 0 radical (unpaired) electrons. The van der Waals surface area contributed by atoms with Gasteiger partial charge >= 0.3 is 0 Å². The van der Waals surface area contributed by atoms with Crippen LogP contribution < -0.4 is 11.5 Å². The first-order valence-electron chi connectivity index (χ1n) is 4.57. The van der Waals surface area contributed by atoms with Crippen LogP contribution in [-0.2, 0) is 5.75 Å². The number of aromatic nitrogens is 3. The second kappa shape index (κ2) is 4.67. The number of nitrogens with two attached hydrogens (primary N) is 2. The van der Waals surface area contributed by atoms with Gasteiger partial charge in [-0.1, -0.05) is 11.8 Å². The summed E-state index contributed by atoms with van der Waals surface area (Å²) in [6.07, 6.45) is 0. The second-order valence-electron chi connectivity index (χ2n) is 3.15. The lowest BCUT2D eigenvalue weighted by Gasteiger charge is -2.00. The van der Waals surface area contributed by atoms with E-state index in [4.69, 9.17) is 11.5 Å². The number of thiazole rings is 1. The highest BCUT2D eigenvalue weighted by Gasteiger charge is 2.04. The molecule has 2 rings (SSSR count). The van der Waals surface area contributed by atoms with E-state index < -0.39 is 0 Å². The Morgan fingerprint density at radius 3 is 2.50 bits per heavy atom. The number of thioether (sulfide) groups is 1. The first-order chi connectivity index (χ1) is 7.63. The Balaban J connectivity index is 2.04. The predicted octanol–water partition coefficient (Wildman–Crippen LogP) is 1.70.